The standard InChI is InChI=1S/C19H19N3O4/c20-19(24)12-5-7-22(8-6-12)18(23)11-14-10-17(26-21-14)16-9-13-3-1-2-4-15(13)25-16/h1-4,9-10,12H,5-8,11H2,(H2,20,24). The Morgan fingerprint density at radius 3 is 2.65 bits per heavy atom. The first-order valence-corrected chi connectivity index (χ1v) is 8.62. The van der Waals surface area contributed by atoms with Crippen LogP contribution in [0.5, 0.6) is 0 Å². The maximum Gasteiger partial charge on any atom is 0.228 e. The lowest BCUT2D eigenvalue weighted by atomic mass is 9.96. The van der Waals surface area contributed by atoms with Gasteiger partial charge in [0.05, 0.1) is 12.1 Å². The molecule has 3 aromatic rings. The molecule has 1 aliphatic heterocycles. The van der Waals surface area contributed by atoms with Crippen molar-refractivity contribution >= 4 is 22.8 Å². The third kappa shape index (κ3) is 3.20. The SMILES string of the molecule is NC(=O)C1CCN(C(=O)Cc2cc(-c3cc4ccccc4o3)on2)CC1. The number of furan rings is 1. The van der Waals surface area contributed by atoms with Crippen molar-refractivity contribution in [2.75, 3.05) is 13.1 Å². The molecule has 0 radical (unpaired) electrons. The molecule has 1 saturated heterocycles. The molecule has 4 rings (SSSR count). The highest BCUT2D eigenvalue weighted by Crippen LogP contribution is 2.28. The molecule has 2 amide bonds. The molecule has 1 aliphatic rings. The minimum Gasteiger partial charge on any atom is -0.453 e. The van der Waals surface area contributed by atoms with E-state index in [9.17, 15) is 9.59 Å². The van der Waals surface area contributed by atoms with E-state index in [4.69, 9.17) is 14.7 Å². The van der Waals surface area contributed by atoms with E-state index in [1.54, 1.807) is 11.0 Å². The first-order chi connectivity index (χ1) is 12.6. The van der Waals surface area contributed by atoms with Crippen LogP contribution in [0.4, 0.5) is 0 Å². The smallest absolute Gasteiger partial charge is 0.228 e. The molecule has 0 spiro atoms. The molecule has 1 fully saturated rings. The summed E-state index contributed by atoms with van der Waals surface area (Å²) in [7, 11) is 0. The van der Waals surface area contributed by atoms with Crippen LogP contribution >= 0.6 is 0 Å². The van der Waals surface area contributed by atoms with Gasteiger partial charge in [-0.2, -0.15) is 0 Å². The fourth-order valence-corrected chi connectivity index (χ4v) is 3.29. The van der Waals surface area contributed by atoms with E-state index in [1.165, 1.54) is 0 Å². The number of carbonyl (C=O) groups is 2. The van der Waals surface area contributed by atoms with Gasteiger partial charge >= 0.3 is 0 Å². The second kappa shape index (κ2) is 6.67. The van der Waals surface area contributed by atoms with Gasteiger partial charge in [0.2, 0.25) is 17.6 Å². The Hall–Kier alpha value is -3.09. The molecule has 2 N–H and O–H groups in total. The number of hydrogen-bond donors (Lipinski definition) is 1. The Morgan fingerprint density at radius 2 is 1.92 bits per heavy atom. The fraction of sp³-hybridized carbons (Fsp3) is 0.316. The summed E-state index contributed by atoms with van der Waals surface area (Å²) in [6.45, 7) is 1.08. The average molecular weight is 353 g/mol. The summed E-state index contributed by atoms with van der Waals surface area (Å²) in [5.74, 6) is 0.628. The van der Waals surface area contributed by atoms with E-state index in [2.05, 4.69) is 5.16 Å². The summed E-state index contributed by atoms with van der Waals surface area (Å²) in [5, 5.41) is 4.96. The molecule has 0 bridgehead atoms. The van der Waals surface area contributed by atoms with Crippen LogP contribution in [-0.4, -0.2) is 35.0 Å². The number of carbonyl (C=O) groups excluding carboxylic acids is 2. The number of nitrogens with zero attached hydrogens (tertiary/aromatic N) is 2. The van der Waals surface area contributed by atoms with Crippen molar-refractivity contribution in [3.05, 3.63) is 42.1 Å². The summed E-state index contributed by atoms with van der Waals surface area (Å²) >= 11 is 0. The van der Waals surface area contributed by atoms with Gasteiger partial charge < -0.3 is 19.6 Å². The minimum atomic E-state index is -0.288. The third-order valence-corrected chi connectivity index (χ3v) is 4.81. The van der Waals surface area contributed by atoms with E-state index >= 15 is 0 Å². The Labute approximate surface area is 149 Å². The molecule has 1 aromatic carbocycles. The van der Waals surface area contributed by atoms with Gasteiger partial charge in [0.15, 0.2) is 5.76 Å². The molecular weight excluding hydrogens is 334 g/mol. The molecule has 26 heavy (non-hydrogen) atoms. The molecular formula is C19H19N3O4. The van der Waals surface area contributed by atoms with Crippen LogP contribution in [0, 0.1) is 5.92 Å². The number of rotatable bonds is 4. The lowest BCUT2D eigenvalue weighted by Crippen LogP contribution is -2.42. The Kier molecular flexibility index (Phi) is 4.20. The van der Waals surface area contributed by atoms with Gasteiger partial charge in [-0.1, -0.05) is 23.4 Å². The maximum atomic E-state index is 12.4. The Morgan fingerprint density at radius 1 is 1.15 bits per heavy atom. The second-order valence-electron chi connectivity index (χ2n) is 6.57. The summed E-state index contributed by atoms with van der Waals surface area (Å²) in [5.41, 5.74) is 6.65. The van der Waals surface area contributed by atoms with E-state index in [0.717, 1.165) is 11.0 Å². The third-order valence-electron chi connectivity index (χ3n) is 4.81. The lowest BCUT2D eigenvalue weighted by Gasteiger charge is -2.30. The van der Waals surface area contributed by atoms with Crippen LogP contribution in [-0.2, 0) is 16.0 Å². The van der Waals surface area contributed by atoms with Crippen molar-refractivity contribution in [3.8, 4) is 11.5 Å². The zero-order chi connectivity index (χ0) is 18.1. The van der Waals surface area contributed by atoms with Crippen molar-refractivity contribution < 1.29 is 18.5 Å². The number of fused-ring (bicyclic) bond motifs is 1. The molecule has 0 unspecified atom stereocenters. The highest BCUT2D eigenvalue weighted by atomic mass is 16.5. The zero-order valence-corrected chi connectivity index (χ0v) is 14.2. The van der Waals surface area contributed by atoms with Crippen molar-refractivity contribution in [2.45, 2.75) is 19.3 Å². The summed E-state index contributed by atoms with van der Waals surface area (Å²) < 4.78 is 11.1. The Bertz CT molecular complexity index is 918. The number of para-hydroxylation sites is 1. The van der Waals surface area contributed by atoms with E-state index in [1.807, 2.05) is 30.3 Å². The molecule has 2 aromatic heterocycles. The van der Waals surface area contributed by atoms with Gasteiger partial charge in [-0.15, -0.1) is 0 Å². The molecule has 3 heterocycles. The van der Waals surface area contributed by atoms with Gasteiger partial charge in [0.1, 0.15) is 5.58 Å². The molecule has 7 nitrogen and oxygen atoms in total. The van der Waals surface area contributed by atoms with Crippen molar-refractivity contribution in [2.24, 2.45) is 11.7 Å². The van der Waals surface area contributed by atoms with E-state index in [-0.39, 0.29) is 24.2 Å². The molecule has 7 heteroatoms. The summed E-state index contributed by atoms with van der Waals surface area (Å²) in [4.78, 5) is 25.4. The second-order valence-corrected chi connectivity index (χ2v) is 6.57. The molecule has 0 atom stereocenters. The van der Waals surface area contributed by atoms with Crippen LogP contribution in [0.2, 0.25) is 0 Å². The molecule has 0 aliphatic carbocycles. The largest absolute Gasteiger partial charge is 0.453 e. The van der Waals surface area contributed by atoms with Crippen LogP contribution in [0.1, 0.15) is 18.5 Å². The van der Waals surface area contributed by atoms with Gasteiger partial charge in [-0.05, 0) is 25.0 Å². The number of hydrogen-bond acceptors (Lipinski definition) is 5. The predicted molar refractivity (Wildman–Crippen MR) is 93.9 cm³/mol. The topological polar surface area (TPSA) is 103 Å². The number of primary amides is 1. The number of likely N-dealkylation sites (tertiary alicyclic amines) is 1. The van der Waals surface area contributed by atoms with Crippen LogP contribution in [0.15, 0.2) is 45.3 Å². The normalized spacial score (nSPS) is 15.5. The number of amides is 2. The van der Waals surface area contributed by atoms with Gasteiger partial charge in [-0.3, -0.25) is 9.59 Å². The number of nitrogens with two attached hydrogens (primary N) is 1. The van der Waals surface area contributed by atoms with Crippen molar-refractivity contribution in [3.63, 3.8) is 0 Å². The zero-order valence-electron chi connectivity index (χ0n) is 14.2. The van der Waals surface area contributed by atoms with E-state index in [0.29, 0.717) is 43.1 Å². The Balaban J connectivity index is 1.42. The van der Waals surface area contributed by atoms with Crippen LogP contribution in [0.25, 0.3) is 22.5 Å². The van der Waals surface area contributed by atoms with Gasteiger partial charge in [0.25, 0.3) is 0 Å². The number of piperidine rings is 1. The van der Waals surface area contributed by atoms with E-state index < -0.39 is 0 Å². The minimum absolute atomic E-state index is 0.0302. The number of benzene rings is 1. The molecule has 134 valence electrons. The summed E-state index contributed by atoms with van der Waals surface area (Å²) in [6.07, 6.45) is 1.39. The van der Waals surface area contributed by atoms with Crippen LogP contribution in [0.3, 0.4) is 0 Å². The van der Waals surface area contributed by atoms with Crippen molar-refractivity contribution in [1.82, 2.24) is 10.1 Å². The maximum absolute atomic E-state index is 12.4. The lowest BCUT2D eigenvalue weighted by molar-refractivity contribution is -0.134. The monoisotopic (exact) mass is 353 g/mol. The predicted octanol–water partition coefficient (Wildman–Crippen LogP) is 2.35. The summed E-state index contributed by atoms with van der Waals surface area (Å²) in [6, 6.07) is 11.3. The first-order valence-electron chi connectivity index (χ1n) is 8.62. The fourth-order valence-electron chi connectivity index (χ4n) is 3.29. The average Bonchev–Trinajstić information content (AvgIpc) is 3.28. The van der Waals surface area contributed by atoms with Crippen molar-refractivity contribution in [1.29, 1.82) is 0 Å². The van der Waals surface area contributed by atoms with Gasteiger partial charge in [0, 0.05) is 30.5 Å². The number of aromatic nitrogens is 1. The highest BCUT2D eigenvalue weighted by molar-refractivity contribution is 5.82. The van der Waals surface area contributed by atoms with Gasteiger partial charge in [-0.25, -0.2) is 0 Å². The highest BCUT2D eigenvalue weighted by Gasteiger charge is 2.26. The molecule has 0 saturated carbocycles. The first kappa shape index (κ1) is 16.4. The quantitative estimate of drug-likeness (QED) is 0.775. The van der Waals surface area contributed by atoms with Crippen LogP contribution < -0.4 is 5.73 Å².